The summed E-state index contributed by atoms with van der Waals surface area (Å²) in [5.41, 5.74) is 18.3. The minimum atomic E-state index is 0.0563. The molecule has 0 amide bonds. The lowest BCUT2D eigenvalue weighted by molar-refractivity contribution is 0.425. The second-order valence-corrected chi connectivity index (χ2v) is 14.2. The van der Waals surface area contributed by atoms with Crippen LogP contribution < -0.4 is 10.5 Å². The van der Waals surface area contributed by atoms with Crippen LogP contribution in [0.5, 0.6) is 5.75 Å². The van der Waals surface area contributed by atoms with Crippen molar-refractivity contribution in [1.82, 2.24) is 0 Å². The van der Waals surface area contributed by atoms with Crippen LogP contribution in [0.4, 0.5) is 0 Å². The van der Waals surface area contributed by atoms with E-state index in [2.05, 4.69) is 122 Å². The number of hydrogen-bond acceptors (Lipinski definition) is 3. The standard InChI is InChI=1S/C47H31N3OS/c1-28(29-11-4-2-5-12-29)49-47(50-46(48)38-17-10-16-35-34-15-8-9-18-41(34)52-45(35)38)37-25-24-36-43-42(37)39-27-33(23-26-40(39)51-44(36)43)32-21-19-31(20-22-32)30-13-6-3-7-14-30/h2-27,43H,1H2,(H2,48,49,50)/t43-/m1/s1. The summed E-state index contributed by atoms with van der Waals surface area (Å²) in [6.45, 7) is 4.38. The van der Waals surface area contributed by atoms with Crippen molar-refractivity contribution in [2.45, 2.75) is 0 Å². The van der Waals surface area contributed by atoms with Gasteiger partial charge in [0, 0.05) is 42.4 Å². The first kappa shape index (κ1) is 30.3. The maximum absolute atomic E-state index is 6.99. The van der Waals surface area contributed by atoms with Crippen LogP contribution in [0.2, 0.25) is 0 Å². The molecule has 52 heavy (non-hydrogen) atoms. The van der Waals surface area contributed by atoms with Crippen LogP contribution in [0.15, 0.2) is 191 Å². The topological polar surface area (TPSA) is 60.0 Å². The molecule has 1 atom stereocenters. The highest BCUT2D eigenvalue weighted by atomic mass is 32.1. The lowest BCUT2D eigenvalue weighted by Gasteiger charge is -2.24. The van der Waals surface area contributed by atoms with Gasteiger partial charge in [0.05, 0.1) is 11.6 Å². The predicted molar refractivity (Wildman–Crippen MR) is 217 cm³/mol. The molecule has 0 bridgehead atoms. The SMILES string of the molecule is C=C(/N=C(\N=C(/N)c1cccc2c1sc1ccccc12)C1=C2c3cc(-c4ccc(-c5ccccc5)cc4)ccc3OC3=C(C=C1)[C@@H]32)c1ccccc1. The molecular formula is C47H31N3OS. The summed E-state index contributed by atoms with van der Waals surface area (Å²) in [6.07, 6.45) is 4.25. The van der Waals surface area contributed by atoms with Crippen molar-refractivity contribution in [3.8, 4) is 28.0 Å². The van der Waals surface area contributed by atoms with Crippen molar-refractivity contribution in [3.05, 3.63) is 198 Å². The second-order valence-electron chi connectivity index (χ2n) is 13.2. The van der Waals surface area contributed by atoms with Crippen molar-refractivity contribution < 1.29 is 4.74 Å². The van der Waals surface area contributed by atoms with Crippen molar-refractivity contribution >= 4 is 54.5 Å². The average Bonchev–Trinajstić information content (AvgIpc) is 3.77. The van der Waals surface area contributed by atoms with Crippen LogP contribution in [0.3, 0.4) is 0 Å². The third-order valence-electron chi connectivity index (χ3n) is 10.1. The van der Waals surface area contributed by atoms with Crippen molar-refractivity contribution in [3.63, 3.8) is 0 Å². The minimum Gasteiger partial charge on any atom is -0.460 e. The van der Waals surface area contributed by atoms with Crippen LogP contribution >= 0.6 is 11.3 Å². The molecular weight excluding hydrogens is 655 g/mol. The number of allylic oxidation sites excluding steroid dienone is 3. The Balaban J connectivity index is 1.12. The van der Waals surface area contributed by atoms with Crippen molar-refractivity contribution in [2.75, 3.05) is 0 Å². The second kappa shape index (κ2) is 12.0. The van der Waals surface area contributed by atoms with E-state index >= 15 is 0 Å². The molecule has 0 spiro atoms. The van der Waals surface area contributed by atoms with Gasteiger partial charge in [-0.05, 0) is 57.7 Å². The number of ether oxygens (including phenoxy) is 1. The van der Waals surface area contributed by atoms with Crippen LogP contribution in [0.25, 0.3) is 53.7 Å². The zero-order valence-corrected chi connectivity index (χ0v) is 28.9. The van der Waals surface area contributed by atoms with Gasteiger partial charge in [-0.3, -0.25) is 0 Å². The lowest BCUT2D eigenvalue weighted by Crippen LogP contribution is -2.18. The zero-order chi connectivity index (χ0) is 34.8. The van der Waals surface area contributed by atoms with E-state index < -0.39 is 0 Å². The van der Waals surface area contributed by atoms with E-state index in [4.69, 9.17) is 20.5 Å². The van der Waals surface area contributed by atoms with Gasteiger partial charge < -0.3 is 10.5 Å². The number of fused-ring (bicyclic) bond motifs is 5. The molecule has 3 aliphatic rings. The molecule has 7 aromatic rings. The molecule has 2 N–H and O–H groups in total. The summed E-state index contributed by atoms with van der Waals surface area (Å²) in [5.74, 6) is 2.80. The fourth-order valence-corrected chi connectivity index (χ4v) is 8.64. The molecule has 1 aliphatic heterocycles. The van der Waals surface area contributed by atoms with E-state index in [9.17, 15) is 0 Å². The predicted octanol–water partition coefficient (Wildman–Crippen LogP) is 11.5. The average molecular weight is 686 g/mol. The Labute approximate surface area is 305 Å². The Hall–Kier alpha value is -6.56. The van der Waals surface area contributed by atoms with Gasteiger partial charge in [-0.1, -0.05) is 140 Å². The van der Waals surface area contributed by atoms with E-state index in [0.29, 0.717) is 17.4 Å². The van der Waals surface area contributed by atoms with Crippen LogP contribution in [0.1, 0.15) is 16.7 Å². The van der Waals surface area contributed by atoms with Gasteiger partial charge in [0.15, 0.2) is 5.84 Å². The third-order valence-corrected chi connectivity index (χ3v) is 11.3. The third kappa shape index (κ3) is 5.05. The smallest absolute Gasteiger partial charge is 0.162 e. The molecule has 5 heteroatoms. The summed E-state index contributed by atoms with van der Waals surface area (Å²) in [5, 5.41) is 2.38. The van der Waals surface area contributed by atoms with Gasteiger partial charge in [-0.15, -0.1) is 11.3 Å². The van der Waals surface area contributed by atoms with E-state index in [1.54, 1.807) is 11.3 Å². The minimum absolute atomic E-state index is 0.0563. The Kier molecular flexibility index (Phi) is 7.01. The molecule has 10 rings (SSSR count). The van der Waals surface area contributed by atoms with Crippen molar-refractivity contribution in [1.29, 1.82) is 0 Å². The van der Waals surface area contributed by atoms with Gasteiger partial charge in [-0.2, -0.15) is 0 Å². The normalized spacial score (nSPS) is 16.2. The molecule has 0 unspecified atom stereocenters. The number of nitrogens with two attached hydrogens (primary N) is 1. The van der Waals surface area contributed by atoms with Crippen LogP contribution in [-0.4, -0.2) is 11.7 Å². The molecule has 2 heterocycles. The number of aliphatic imine (C=N–C) groups is 2. The van der Waals surface area contributed by atoms with Gasteiger partial charge in [0.2, 0.25) is 0 Å². The molecule has 0 saturated heterocycles. The fourth-order valence-electron chi connectivity index (χ4n) is 7.42. The molecule has 6 aromatic carbocycles. The highest BCUT2D eigenvalue weighted by molar-refractivity contribution is 7.26. The Morgan fingerprint density at radius 3 is 2.13 bits per heavy atom. The van der Waals surface area contributed by atoms with Crippen LogP contribution in [-0.2, 0) is 0 Å². The zero-order valence-electron chi connectivity index (χ0n) is 28.1. The molecule has 1 aromatic heterocycles. The first-order chi connectivity index (χ1) is 25.6. The summed E-state index contributed by atoms with van der Waals surface area (Å²) in [4.78, 5) is 10.3. The quantitative estimate of drug-likeness (QED) is 0.140. The number of amidine groups is 2. The van der Waals surface area contributed by atoms with Gasteiger partial charge >= 0.3 is 0 Å². The summed E-state index contributed by atoms with van der Waals surface area (Å²) in [7, 11) is 0. The van der Waals surface area contributed by atoms with Crippen LogP contribution in [0, 0.1) is 5.92 Å². The molecule has 0 radical (unpaired) electrons. The molecule has 4 nitrogen and oxygen atoms in total. The molecule has 2 aliphatic carbocycles. The molecule has 246 valence electrons. The summed E-state index contributed by atoms with van der Waals surface area (Å²) >= 11 is 1.73. The number of rotatable bonds is 6. The lowest BCUT2D eigenvalue weighted by atomic mass is 9.86. The molecule has 0 saturated carbocycles. The van der Waals surface area contributed by atoms with Crippen molar-refractivity contribution in [2.24, 2.45) is 21.6 Å². The number of thiophene rings is 1. The highest BCUT2D eigenvalue weighted by Crippen LogP contribution is 2.59. The monoisotopic (exact) mass is 685 g/mol. The first-order valence-electron chi connectivity index (χ1n) is 17.3. The summed E-state index contributed by atoms with van der Waals surface area (Å²) < 4.78 is 8.79. The van der Waals surface area contributed by atoms with E-state index in [0.717, 1.165) is 55.2 Å². The summed E-state index contributed by atoms with van der Waals surface area (Å²) in [6, 6.07) is 50.4. The number of nitrogens with zero attached hydrogens (tertiary/aromatic N) is 2. The van der Waals surface area contributed by atoms with E-state index in [-0.39, 0.29) is 5.92 Å². The van der Waals surface area contributed by atoms with E-state index in [1.807, 2.05) is 42.5 Å². The van der Waals surface area contributed by atoms with Gasteiger partial charge in [0.25, 0.3) is 0 Å². The Morgan fingerprint density at radius 2 is 1.33 bits per heavy atom. The first-order valence-corrected chi connectivity index (χ1v) is 18.1. The highest BCUT2D eigenvalue weighted by Gasteiger charge is 2.48. The number of benzene rings is 6. The van der Waals surface area contributed by atoms with Gasteiger partial charge in [-0.25, -0.2) is 9.98 Å². The molecule has 0 fully saturated rings. The van der Waals surface area contributed by atoms with Gasteiger partial charge in [0.1, 0.15) is 17.3 Å². The largest absolute Gasteiger partial charge is 0.460 e. The maximum Gasteiger partial charge on any atom is 0.162 e. The Morgan fingerprint density at radius 1 is 0.654 bits per heavy atom. The Bertz CT molecular complexity index is 2770. The number of hydrogen-bond donors (Lipinski definition) is 1. The fraction of sp³-hybridized carbons (Fsp3) is 0.0213. The maximum atomic E-state index is 6.99. The van der Waals surface area contributed by atoms with E-state index in [1.165, 1.54) is 32.2 Å².